The summed E-state index contributed by atoms with van der Waals surface area (Å²) in [6.45, 7) is 9.05. The van der Waals surface area contributed by atoms with E-state index in [9.17, 15) is 0 Å². The van der Waals surface area contributed by atoms with Crippen molar-refractivity contribution < 1.29 is 0 Å². The molecule has 0 spiro atoms. The molecule has 18 heavy (non-hydrogen) atoms. The summed E-state index contributed by atoms with van der Waals surface area (Å²) in [5, 5.41) is 0. The second-order valence-corrected chi connectivity index (χ2v) is 6.82. The van der Waals surface area contributed by atoms with E-state index in [1.165, 1.54) is 38.0 Å². The number of nitrogens with two attached hydrogens (primary N) is 1. The fourth-order valence-corrected chi connectivity index (χ4v) is 2.93. The number of thioether (sulfide) groups is 1. The number of hydrogen-bond donors (Lipinski definition) is 1. The Kier molecular flexibility index (Phi) is 11.3. The minimum absolute atomic E-state index is 0.712. The van der Waals surface area contributed by atoms with E-state index in [0.29, 0.717) is 6.04 Å². The maximum absolute atomic E-state index is 5.69. The third-order valence-corrected chi connectivity index (χ3v) is 4.70. The van der Waals surface area contributed by atoms with Crippen LogP contribution in [0.1, 0.15) is 46.5 Å². The van der Waals surface area contributed by atoms with Crippen LogP contribution in [0.4, 0.5) is 0 Å². The van der Waals surface area contributed by atoms with Crippen LogP contribution in [0.25, 0.3) is 0 Å². The average Bonchev–Trinajstić information content (AvgIpc) is 2.34. The Bertz CT molecular complexity index is 185. The summed E-state index contributed by atoms with van der Waals surface area (Å²) in [6.07, 6.45) is 7.31. The maximum atomic E-state index is 5.69. The maximum Gasteiger partial charge on any atom is 0.00717 e. The molecule has 0 aromatic rings. The van der Waals surface area contributed by atoms with Gasteiger partial charge >= 0.3 is 0 Å². The summed E-state index contributed by atoms with van der Waals surface area (Å²) in [5.74, 6) is 2.85. The smallest absolute Gasteiger partial charge is 0.00717 e. The van der Waals surface area contributed by atoms with Crippen molar-refractivity contribution in [2.24, 2.45) is 17.6 Å². The van der Waals surface area contributed by atoms with Crippen molar-refractivity contribution in [3.05, 3.63) is 0 Å². The van der Waals surface area contributed by atoms with Crippen LogP contribution in [0.5, 0.6) is 0 Å². The lowest BCUT2D eigenvalue weighted by molar-refractivity contribution is 0.232. The Hall–Kier alpha value is 0.270. The summed E-state index contributed by atoms with van der Waals surface area (Å²) in [6, 6.07) is 0.712. The van der Waals surface area contributed by atoms with Crippen LogP contribution in [0, 0.1) is 11.8 Å². The van der Waals surface area contributed by atoms with Crippen LogP contribution in [-0.4, -0.2) is 43.1 Å². The molecule has 0 heterocycles. The van der Waals surface area contributed by atoms with Crippen LogP contribution >= 0.6 is 11.8 Å². The van der Waals surface area contributed by atoms with Gasteiger partial charge in [-0.3, -0.25) is 0 Å². The van der Waals surface area contributed by atoms with Crippen LogP contribution in [0.3, 0.4) is 0 Å². The van der Waals surface area contributed by atoms with Gasteiger partial charge in [-0.2, -0.15) is 11.8 Å². The van der Waals surface area contributed by atoms with E-state index in [0.717, 1.165) is 18.4 Å². The van der Waals surface area contributed by atoms with Crippen molar-refractivity contribution in [2.45, 2.75) is 52.5 Å². The predicted octanol–water partition coefficient (Wildman–Crippen LogP) is 3.46. The summed E-state index contributed by atoms with van der Waals surface area (Å²) in [4.78, 5) is 2.51. The molecule has 0 radical (unpaired) electrons. The lowest BCUT2D eigenvalue weighted by Gasteiger charge is -2.26. The van der Waals surface area contributed by atoms with Crippen molar-refractivity contribution in [3.8, 4) is 0 Å². The van der Waals surface area contributed by atoms with E-state index in [1.54, 1.807) is 0 Å². The lowest BCUT2D eigenvalue weighted by Crippen LogP contribution is -2.31. The quantitative estimate of drug-likeness (QED) is 0.625. The Balaban J connectivity index is 3.79. The second kappa shape index (κ2) is 11.1. The zero-order chi connectivity index (χ0) is 14.0. The topological polar surface area (TPSA) is 29.3 Å². The third-order valence-electron chi connectivity index (χ3n) is 4.06. The average molecular weight is 275 g/mol. The molecule has 0 fully saturated rings. The number of nitrogens with zero attached hydrogens (tertiary/aromatic N) is 1. The highest BCUT2D eigenvalue weighted by Gasteiger charge is 2.13. The van der Waals surface area contributed by atoms with Crippen molar-refractivity contribution in [1.82, 2.24) is 4.90 Å². The van der Waals surface area contributed by atoms with Gasteiger partial charge in [0.05, 0.1) is 0 Å². The third kappa shape index (κ3) is 8.39. The molecule has 0 aliphatic rings. The molecule has 2 nitrogen and oxygen atoms in total. The first kappa shape index (κ1) is 18.3. The fraction of sp³-hybridized carbons (Fsp3) is 1.00. The van der Waals surface area contributed by atoms with Crippen molar-refractivity contribution >= 4 is 11.8 Å². The largest absolute Gasteiger partial charge is 0.330 e. The molecule has 110 valence electrons. The summed E-state index contributed by atoms with van der Waals surface area (Å²) in [7, 11) is 2.26. The zero-order valence-electron chi connectivity index (χ0n) is 13.1. The van der Waals surface area contributed by atoms with Gasteiger partial charge < -0.3 is 10.6 Å². The highest BCUT2D eigenvalue weighted by atomic mass is 32.2. The van der Waals surface area contributed by atoms with Crippen LogP contribution < -0.4 is 5.73 Å². The Labute approximate surface area is 119 Å². The molecule has 0 rings (SSSR count). The Morgan fingerprint density at radius 2 is 1.78 bits per heavy atom. The van der Waals surface area contributed by atoms with E-state index < -0.39 is 0 Å². The monoisotopic (exact) mass is 274 g/mol. The Morgan fingerprint density at radius 3 is 2.28 bits per heavy atom. The van der Waals surface area contributed by atoms with E-state index in [1.807, 2.05) is 11.8 Å². The highest BCUT2D eigenvalue weighted by molar-refractivity contribution is 7.98. The van der Waals surface area contributed by atoms with Crippen LogP contribution in [0.15, 0.2) is 0 Å². The molecular weight excluding hydrogens is 240 g/mol. The van der Waals surface area contributed by atoms with Crippen molar-refractivity contribution in [3.63, 3.8) is 0 Å². The first-order valence-electron chi connectivity index (χ1n) is 7.42. The SMILES string of the molecule is CSCCC(C)N(C)CCCC(CCN)C(C)C. The van der Waals surface area contributed by atoms with Crippen LogP contribution in [0.2, 0.25) is 0 Å². The molecule has 2 unspecified atom stereocenters. The summed E-state index contributed by atoms with van der Waals surface area (Å²) < 4.78 is 0. The van der Waals surface area contributed by atoms with E-state index >= 15 is 0 Å². The van der Waals surface area contributed by atoms with Gasteiger partial charge in [-0.05, 0) is 76.6 Å². The lowest BCUT2D eigenvalue weighted by atomic mass is 9.88. The molecule has 0 saturated heterocycles. The van der Waals surface area contributed by atoms with Gasteiger partial charge in [-0.1, -0.05) is 13.8 Å². The number of hydrogen-bond acceptors (Lipinski definition) is 3. The standard InChI is InChI=1S/C15H34N2S/c1-13(2)15(8-10-16)7-6-11-17(4)14(3)9-12-18-5/h13-15H,6-12,16H2,1-5H3. The molecule has 0 aromatic heterocycles. The molecule has 0 saturated carbocycles. The summed E-state index contributed by atoms with van der Waals surface area (Å²) in [5.41, 5.74) is 5.69. The van der Waals surface area contributed by atoms with E-state index in [4.69, 9.17) is 5.73 Å². The summed E-state index contributed by atoms with van der Waals surface area (Å²) >= 11 is 1.95. The van der Waals surface area contributed by atoms with Crippen molar-refractivity contribution in [1.29, 1.82) is 0 Å². The van der Waals surface area contributed by atoms with Gasteiger partial charge in [-0.15, -0.1) is 0 Å². The van der Waals surface area contributed by atoms with E-state index in [2.05, 4.69) is 39.0 Å². The Morgan fingerprint density at radius 1 is 1.11 bits per heavy atom. The first-order valence-corrected chi connectivity index (χ1v) is 8.81. The zero-order valence-corrected chi connectivity index (χ0v) is 13.9. The van der Waals surface area contributed by atoms with Gasteiger partial charge in [0.25, 0.3) is 0 Å². The second-order valence-electron chi connectivity index (χ2n) is 5.83. The minimum atomic E-state index is 0.712. The molecule has 3 heteroatoms. The fourth-order valence-electron chi connectivity index (χ4n) is 2.36. The van der Waals surface area contributed by atoms with Gasteiger partial charge in [-0.25, -0.2) is 0 Å². The molecule has 0 aromatic carbocycles. The molecule has 0 aliphatic heterocycles. The first-order chi connectivity index (χ1) is 8.52. The highest BCUT2D eigenvalue weighted by Crippen LogP contribution is 2.20. The van der Waals surface area contributed by atoms with Gasteiger partial charge in [0, 0.05) is 6.04 Å². The molecule has 2 N–H and O–H groups in total. The molecule has 0 aliphatic carbocycles. The normalized spacial score (nSPS) is 15.3. The molecule has 2 atom stereocenters. The molecular formula is C15H34N2S. The predicted molar refractivity (Wildman–Crippen MR) is 86.3 cm³/mol. The van der Waals surface area contributed by atoms with Gasteiger partial charge in [0.2, 0.25) is 0 Å². The van der Waals surface area contributed by atoms with Crippen LogP contribution in [-0.2, 0) is 0 Å². The van der Waals surface area contributed by atoms with Gasteiger partial charge in [0.15, 0.2) is 0 Å². The molecule has 0 amide bonds. The van der Waals surface area contributed by atoms with Crippen molar-refractivity contribution in [2.75, 3.05) is 32.1 Å². The minimum Gasteiger partial charge on any atom is -0.330 e. The number of rotatable bonds is 11. The van der Waals surface area contributed by atoms with Gasteiger partial charge in [0.1, 0.15) is 0 Å². The van der Waals surface area contributed by atoms with E-state index in [-0.39, 0.29) is 0 Å². The molecule has 0 bridgehead atoms.